The van der Waals surface area contributed by atoms with Crippen LogP contribution in [0.5, 0.6) is 0 Å². The van der Waals surface area contributed by atoms with Crippen molar-refractivity contribution in [2.24, 2.45) is 0 Å². The molecule has 0 amide bonds. The fourth-order valence-corrected chi connectivity index (χ4v) is 2.33. The summed E-state index contributed by atoms with van der Waals surface area (Å²) in [5, 5.41) is 0. The number of aldehydes is 1. The van der Waals surface area contributed by atoms with Gasteiger partial charge in [0.1, 0.15) is 12.0 Å². The van der Waals surface area contributed by atoms with Crippen LogP contribution in [0.1, 0.15) is 41.6 Å². The Kier molecular flexibility index (Phi) is 2.85. The molecule has 1 aromatic carbocycles. The van der Waals surface area contributed by atoms with Gasteiger partial charge in [0.2, 0.25) is 0 Å². The number of carbonyl (C=O) groups excluding carboxylic acids is 1. The summed E-state index contributed by atoms with van der Waals surface area (Å²) in [7, 11) is 0. The molecule has 0 saturated heterocycles. The number of carbonyl (C=O) groups is 1. The molecule has 0 atom stereocenters. The molecule has 0 heterocycles. The lowest BCUT2D eigenvalue weighted by Gasteiger charge is -2.18. The zero-order chi connectivity index (χ0) is 10.7. The minimum atomic E-state index is -1.03. The monoisotopic (exact) mass is 206 g/mol. The fourth-order valence-electron chi connectivity index (χ4n) is 2.33. The lowest BCUT2D eigenvalue weighted by atomic mass is 9.94. The number of halogens is 1. The number of hydrogen-bond donors (Lipinski definition) is 0. The molecule has 1 aliphatic carbocycles. The molecule has 15 heavy (non-hydrogen) atoms. The minimum Gasteiger partial charge on any atom is -0.298 e. The van der Waals surface area contributed by atoms with Crippen molar-refractivity contribution in [3.05, 3.63) is 35.4 Å². The van der Waals surface area contributed by atoms with Crippen LogP contribution in [0.3, 0.4) is 0 Å². The van der Waals surface area contributed by atoms with Crippen molar-refractivity contribution >= 4 is 6.29 Å². The topological polar surface area (TPSA) is 17.1 Å². The molecule has 1 aliphatic rings. The lowest BCUT2D eigenvalue weighted by Crippen LogP contribution is -2.21. The molecule has 2 rings (SSSR count). The van der Waals surface area contributed by atoms with Crippen molar-refractivity contribution in [3.8, 4) is 0 Å². The summed E-state index contributed by atoms with van der Waals surface area (Å²) in [6.45, 7) is 0. The molecule has 1 saturated carbocycles. The Morgan fingerprint density at radius 3 is 2.73 bits per heavy atom. The first-order chi connectivity index (χ1) is 7.22. The average molecular weight is 206 g/mol. The Labute approximate surface area is 89.3 Å². The third-order valence-corrected chi connectivity index (χ3v) is 3.11. The summed E-state index contributed by atoms with van der Waals surface area (Å²) in [4.78, 5) is 10.6. The zero-order valence-electron chi connectivity index (χ0n) is 8.71. The average Bonchev–Trinajstić information content (AvgIpc) is 2.65. The van der Waals surface area contributed by atoms with Crippen LogP contribution in [0.2, 0.25) is 0 Å². The summed E-state index contributed by atoms with van der Waals surface area (Å²) >= 11 is 0. The molecule has 1 aromatic rings. The Hall–Kier alpha value is -1.18. The first-order valence-electron chi connectivity index (χ1n) is 5.45. The van der Waals surface area contributed by atoms with Gasteiger partial charge in [-0.3, -0.25) is 4.79 Å². The predicted molar refractivity (Wildman–Crippen MR) is 57.8 cm³/mol. The smallest absolute Gasteiger partial charge is 0.150 e. The summed E-state index contributed by atoms with van der Waals surface area (Å²) in [5.41, 5.74) is 0.541. The lowest BCUT2D eigenvalue weighted by molar-refractivity contribution is 0.112. The van der Waals surface area contributed by atoms with Crippen LogP contribution in [0.25, 0.3) is 0 Å². The second-order valence-corrected chi connectivity index (χ2v) is 4.40. The highest BCUT2D eigenvalue weighted by Crippen LogP contribution is 2.36. The van der Waals surface area contributed by atoms with Crippen molar-refractivity contribution in [2.45, 2.75) is 37.8 Å². The van der Waals surface area contributed by atoms with Crippen molar-refractivity contribution < 1.29 is 9.18 Å². The maximum atomic E-state index is 14.1. The largest absolute Gasteiger partial charge is 0.298 e. The molecule has 0 unspecified atom stereocenters. The van der Waals surface area contributed by atoms with Crippen LogP contribution in [-0.4, -0.2) is 12.0 Å². The molecule has 2 heteroatoms. The maximum Gasteiger partial charge on any atom is 0.150 e. The Balaban J connectivity index is 2.12. The van der Waals surface area contributed by atoms with Gasteiger partial charge in [0.15, 0.2) is 0 Å². The molecular weight excluding hydrogens is 191 g/mol. The van der Waals surface area contributed by atoms with Crippen LogP contribution in [0.4, 0.5) is 4.39 Å². The van der Waals surface area contributed by atoms with Gasteiger partial charge in [-0.25, -0.2) is 4.39 Å². The molecule has 0 N–H and O–H groups in total. The Morgan fingerprint density at radius 2 is 2.07 bits per heavy atom. The van der Waals surface area contributed by atoms with Crippen molar-refractivity contribution in [2.75, 3.05) is 0 Å². The molecule has 0 aromatic heterocycles. The van der Waals surface area contributed by atoms with Crippen LogP contribution in [0, 0.1) is 0 Å². The molecule has 0 aliphatic heterocycles. The van der Waals surface area contributed by atoms with E-state index in [0.29, 0.717) is 24.8 Å². The number of rotatable bonds is 3. The zero-order valence-corrected chi connectivity index (χ0v) is 8.71. The van der Waals surface area contributed by atoms with E-state index in [2.05, 4.69) is 0 Å². The van der Waals surface area contributed by atoms with Gasteiger partial charge >= 0.3 is 0 Å². The quantitative estimate of drug-likeness (QED) is 0.693. The van der Waals surface area contributed by atoms with E-state index in [-0.39, 0.29) is 0 Å². The second-order valence-electron chi connectivity index (χ2n) is 4.40. The highest BCUT2D eigenvalue weighted by atomic mass is 19.1. The van der Waals surface area contributed by atoms with Crippen molar-refractivity contribution in [3.63, 3.8) is 0 Å². The van der Waals surface area contributed by atoms with E-state index in [0.717, 1.165) is 24.7 Å². The van der Waals surface area contributed by atoms with Gasteiger partial charge in [0, 0.05) is 12.0 Å². The fraction of sp³-hybridized carbons (Fsp3) is 0.462. The predicted octanol–water partition coefficient (Wildman–Crippen LogP) is 3.32. The van der Waals surface area contributed by atoms with Gasteiger partial charge in [0.05, 0.1) is 0 Å². The molecule has 1 nitrogen and oxygen atoms in total. The SMILES string of the molecule is O=Cc1cccc(CC2(F)CCCC2)c1. The van der Waals surface area contributed by atoms with Crippen molar-refractivity contribution in [1.29, 1.82) is 0 Å². The summed E-state index contributed by atoms with van der Waals surface area (Å²) < 4.78 is 14.1. The van der Waals surface area contributed by atoms with E-state index < -0.39 is 5.67 Å². The molecule has 0 spiro atoms. The third kappa shape index (κ3) is 2.44. The van der Waals surface area contributed by atoms with Crippen LogP contribution < -0.4 is 0 Å². The first-order valence-corrected chi connectivity index (χ1v) is 5.45. The first kappa shape index (κ1) is 10.3. The molecule has 1 fully saturated rings. The van der Waals surface area contributed by atoms with Crippen molar-refractivity contribution in [1.82, 2.24) is 0 Å². The summed E-state index contributed by atoms with van der Waals surface area (Å²) in [6.07, 6.45) is 4.57. The highest BCUT2D eigenvalue weighted by Gasteiger charge is 2.33. The van der Waals surface area contributed by atoms with Gasteiger partial charge in [-0.1, -0.05) is 31.0 Å². The van der Waals surface area contributed by atoms with Crippen LogP contribution in [-0.2, 0) is 6.42 Å². The van der Waals surface area contributed by atoms with Crippen LogP contribution in [0.15, 0.2) is 24.3 Å². The Morgan fingerprint density at radius 1 is 1.33 bits per heavy atom. The standard InChI is InChI=1S/C13H15FO/c14-13(6-1-2-7-13)9-11-4-3-5-12(8-11)10-15/h3-5,8,10H,1-2,6-7,9H2. The van der Waals surface area contributed by atoms with E-state index >= 15 is 0 Å². The molecule has 0 bridgehead atoms. The van der Waals surface area contributed by atoms with Gasteiger partial charge in [-0.2, -0.15) is 0 Å². The molecule has 80 valence electrons. The minimum absolute atomic E-state index is 0.453. The Bertz CT molecular complexity index is 353. The van der Waals surface area contributed by atoms with E-state index in [4.69, 9.17) is 0 Å². The van der Waals surface area contributed by atoms with Crippen LogP contribution >= 0.6 is 0 Å². The highest BCUT2D eigenvalue weighted by molar-refractivity contribution is 5.74. The summed E-state index contributed by atoms with van der Waals surface area (Å²) in [6, 6.07) is 7.24. The van der Waals surface area contributed by atoms with Gasteiger partial charge < -0.3 is 0 Å². The van der Waals surface area contributed by atoms with E-state index in [1.165, 1.54) is 0 Å². The molecular formula is C13H15FO. The third-order valence-electron chi connectivity index (χ3n) is 3.11. The van der Waals surface area contributed by atoms with E-state index in [9.17, 15) is 9.18 Å². The second kappa shape index (κ2) is 4.13. The number of alkyl halides is 1. The maximum absolute atomic E-state index is 14.1. The molecule has 0 radical (unpaired) electrons. The normalized spacial score (nSPS) is 19.0. The van der Waals surface area contributed by atoms with E-state index in [1.54, 1.807) is 12.1 Å². The van der Waals surface area contributed by atoms with Gasteiger partial charge in [-0.05, 0) is 24.5 Å². The number of benzene rings is 1. The van der Waals surface area contributed by atoms with Gasteiger partial charge in [-0.15, -0.1) is 0 Å². The van der Waals surface area contributed by atoms with E-state index in [1.807, 2.05) is 12.1 Å². The number of hydrogen-bond acceptors (Lipinski definition) is 1. The van der Waals surface area contributed by atoms with Gasteiger partial charge in [0.25, 0.3) is 0 Å². The summed E-state index contributed by atoms with van der Waals surface area (Å²) in [5.74, 6) is 0.